The van der Waals surface area contributed by atoms with Gasteiger partial charge in [0.25, 0.3) is 0 Å². The van der Waals surface area contributed by atoms with Gasteiger partial charge in [-0.1, -0.05) is 38.0 Å². The fraction of sp³-hybridized carbons (Fsp3) is 0.190. The van der Waals surface area contributed by atoms with Crippen LogP contribution in [-0.4, -0.2) is 25.8 Å². The van der Waals surface area contributed by atoms with Crippen LogP contribution in [0.25, 0.3) is 0 Å². The van der Waals surface area contributed by atoms with E-state index in [0.29, 0.717) is 18.7 Å². The zero-order chi connectivity index (χ0) is 18.3. The van der Waals surface area contributed by atoms with E-state index in [9.17, 15) is 8.42 Å². The molecule has 1 aromatic rings. The number of hydrogen-bond acceptors (Lipinski definition) is 2. The molecular weight excluding hydrogens is 330 g/mol. The van der Waals surface area contributed by atoms with Gasteiger partial charge >= 0.3 is 0 Å². The lowest BCUT2D eigenvalue weighted by Crippen LogP contribution is -2.29. The molecule has 0 radical (unpaired) electrons. The second-order valence-electron chi connectivity index (χ2n) is 5.43. The Morgan fingerprint density at radius 2 is 1.88 bits per heavy atom. The summed E-state index contributed by atoms with van der Waals surface area (Å²) in [6.07, 6.45) is 7.40. The maximum absolute atomic E-state index is 12.7. The van der Waals surface area contributed by atoms with Crippen molar-refractivity contribution in [2.24, 2.45) is 0 Å². The fourth-order valence-corrected chi connectivity index (χ4v) is 3.76. The number of rotatable bonds is 5. The van der Waals surface area contributed by atoms with Gasteiger partial charge < -0.3 is 0 Å². The first-order valence-electron chi connectivity index (χ1n) is 8.18. The topological polar surface area (TPSA) is 37.4 Å². The molecule has 0 aliphatic heterocycles. The highest BCUT2D eigenvalue weighted by Gasteiger charge is 2.17. The van der Waals surface area contributed by atoms with E-state index in [-0.39, 0.29) is 0 Å². The van der Waals surface area contributed by atoms with Crippen LogP contribution in [0.15, 0.2) is 77.8 Å². The Kier molecular flexibility index (Phi) is 6.46. The van der Waals surface area contributed by atoms with Crippen molar-refractivity contribution in [1.82, 2.24) is 4.31 Å². The molecule has 0 spiro atoms. The summed E-state index contributed by atoms with van der Waals surface area (Å²) in [6, 6.07) is 9.49. The molecule has 0 saturated carbocycles. The van der Waals surface area contributed by atoms with Crippen molar-refractivity contribution in [1.29, 1.82) is 0 Å². The maximum Gasteiger partial charge on any atom is 0.214 e. The third-order valence-electron chi connectivity index (χ3n) is 3.75. The van der Waals surface area contributed by atoms with Gasteiger partial charge in [-0.15, -0.1) is 48.3 Å². The summed E-state index contributed by atoms with van der Waals surface area (Å²) in [4.78, 5) is 0. The molecule has 1 aliphatic carbocycles. The molecule has 0 amide bonds. The summed E-state index contributed by atoms with van der Waals surface area (Å²) >= 11 is 0. The molecule has 0 unspecified atom stereocenters. The number of hydrogen-bond donors (Lipinski definition) is 0. The fourth-order valence-electron chi connectivity index (χ4n) is 2.41. The molecule has 0 N–H and O–H groups in total. The van der Waals surface area contributed by atoms with Gasteiger partial charge in [0.2, 0.25) is 10.0 Å². The van der Waals surface area contributed by atoms with Crippen LogP contribution in [0.4, 0.5) is 0 Å². The molecule has 2 rings (SSSR count). The summed E-state index contributed by atoms with van der Waals surface area (Å²) in [5.41, 5.74) is 2.02. The van der Waals surface area contributed by atoms with E-state index in [1.165, 1.54) is 9.71 Å². The zero-order valence-electron chi connectivity index (χ0n) is 14.6. The Balaban J connectivity index is 2.48. The first kappa shape index (κ1) is 18.9. The van der Waals surface area contributed by atoms with Crippen molar-refractivity contribution in [3.8, 4) is 11.8 Å². The SMILES string of the molecule is C=C1C=CC=C[C-]1/C(C#Cc1ccccc1)=C/S(=O)(=O)N(CC)CC. The lowest BCUT2D eigenvalue weighted by molar-refractivity contribution is 0.452. The van der Waals surface area contributed by atoms with Crippen LogP contribution in [-0.2, 0) is 10.0 Å². The van der Waals surface area contributed by atoms with Gasteiger partial charge in [-0.25, -0.2) is 12.7 Å². The van der Waals surface area contributed by atoms with E-state index in [1.807, 2.05) is 68.5 Å². The van der Waals surface area contributed by atoms with Crippen LogP contribution >= 0.6 is 0 Å². The van der Waals surface area contributed by atoms with Crippen LogP contribution in [0.1, 0.15) is 19.4 Å². The third-order valence-corrected chi connectivity index (χ3v) is 5.52. The van der Waals surface area contributed by atoms with Gasteiger partial charge in [0.05, 0.1) is 0 Å². The van der Waals surface area contributed by atoms with Crippen molar-refractivity contribution in [3.05, 3.63) is 89.3 Å². The van der Waals surface area contributed by atoms with Crippen LogP contribution in [0.2, 0.25) is 0 Å². The first-order valence-corrected chi connectivity index (χ1v) is 9.68. The minimum Gasteiger partial charge on any atom is -0.214 e. The smallest absolute Gasteiger partial charge is 0.214 e. The maximum atomic E-state index is 12.7. The molecule has 0 atom stereocenters. The molecule has 3 nitrogen and oxygen atoms in total. The standard InChI is InChI=1S/C21H22NO2S/c1-4-22(5-2)25(23,24)17-20(21-14-10-9-11-18(21)3)16-15-19-12-7-6-8-13-19/h6-14,17H,3-5H2,1-2H3/q-1/b20-17+. The molecule has 25 heavy (non-hydrogen) atoms. The van der Waals surface area contributed by atoms with E-state index >= 15 is 0 Å². The van der Waals surface area contributed by atoms with Gasteiger partial charge in [0.1, 0.15) is 0 Å². The monoisotopic (exact) mass is 352 g/mol. The van der Waals surface area contributed by atoms with Gasteiger partial charge in [0.15, 0.2) is 0 Å². The van der Waals surface area contributed by atoms with Crippen LogP contribution in [0.5, 0.6) is 0 Å². The number of allylic oxidation sites excluding steroid dienone is 6. The molecule has 4 heteroatoms. The van der Waals surface area contributed by atoms with Crippen LogP contribution in [0, 0.1) is 17.8 Å². The summed E-state index contributed by atoms with van der Waals surface area (Å²) < 4.78 is 26.7. The second-order valence-corrected chi connectivity index (χ2v) is 7.22. The molecule has 0 fully saturated rings. The molecule has 0 bridgehead atoms. The molecule has 130 valence electrons. The quantitative estimate of drug-likeness (QED) is 0.596. The van der Waals surface area contributed by atoms with Gasteiger partial charge in [-0.2, -0.15) is 0 Å². The van der Waals surface area contributed by atoms with E-state index in [4.69, 9.17) is 0 Å². The van der Waals surface area contributed by atoms with Gasteiger partial charge in [-0.3, -0.25) is 0 Å². The highest BCUT2D eigenvalue weighted by atomic mass is 32.2. The average Bonchev–Trinajstić information content (AvgIpc) is 2.61. The van der Waals surface area contributed by atoms with E-state index in [2.05, 4.69) is 18.4 Å². The van der Waals surface area contributed by atoms with E-state index in [0.717, 1.165) is 17.1 Å². The van der Waals surface area contributed by atoms with Crippen molar-refractivity contribution in [2.45, 2.75) is 13.8 Å². The van der Waals surface area contributed by atoms with Crippen molar-refractivity contribution >= 4 is 10.0 Å². The predicted octanol–water partition coefficient (Wildman–Crippen LogP) is 3.85. The average molecular weight is 352 g/mol. The zero-order valence-corrected chi connectivity index (χ0v) is 15.4. The summed E-state index contributed by atoms with van der Waals surface area (Å²) in [6.45, 7) is 8.47. The van der Waals surface area contributed by atoms with E-state index < -0.39 is 10.0 Å². The highest BCUT2D eigenvalue weighted by molar-refractivity contribution is 7.92. The predicted molar refractivity (Wildman–Crippen MR) is 104 cm³/mol. The lowest BCUT2D eigenvalue weighted by atomic mass is 9.89. The van der Waals surface area contributed by atoms with E-state index in [1.54, 1.807) is 0 Å². The Morgan fingerprint density at radius 1 is 1.20 bits per heavy atom. The number of nitrogens with zero attached hydrogens (tertiary/aromatic N) is 1. The Hall–Kier alpha value is -2.48. The second kappa shape index (κ2) is 8.57. The normalized spacial score (nSPS) is 14.6. The van der Waals surface area contributed by atoms with Crippen molar-refractivity contribution < 1.29 is 8.42 Å². The van der Waals surface area contributed by atoms with Crippen LogP contribution in [0.3, 0.4) is 0 Å². The van der Waals surface area contributed by atoms with Crippen LogP contribution < -0.4 is 0 Å². The van der Waals surface area contributed by atoms with Gasteiger partial charge in [-0.05, 0) is 17.7 Å². The van der Waals surface area contributed by atoms with Crippen molar-refractivity contribution in [2.75, 3.05) is 13.1 Å². The molecule has 0 saturated heterocycles. The van der Waals surface area contributed by atoms with Gasteiger partial charge in [0, 0.05) is 24.1 Å². The number of sulfonamides is 1. The molecule has 0 heterocycles. The molecular formula is C21H22NO2S-. The summed E-state index contributed by atoms with van der Waals surface area (Å²) in [5, 5.41) is 1.25. The first-order chi connectivity index (χ1) is 12.0. The molecule has 1 aliphatic rings. The third kappa shape index (κ3) is 4.99. The number of benzene rings is 1. The Bertz CT molecular complexity index is 861. The Labute approximate surface area is 151 Å². The minimum atomic E-state index is -3.55. The minimum absolute atomic E-state index is 0.417. The molecule has 1 aromatic carbocycles. The van der Waals surface area contributed by atoms with Crippen molar-refractivity contribution in [3.63, 3.8) is 0 Å². The Morgan fingerprint density at radius 3 is 2.48 bits per heavy atom. The summed E-state index contributed by atoms with van der Waals surface area (Å²) in [7, 11) is -3.55. The highest BCUT2D eigenvalue weighted by Crippen LogP contribution is 2.28. The molecule has 0 aromatic heterocycles. The largest absolute Gasteiger partial charge is 0.214 e. The lowest BCUT2D eigenvalue weighted by Gasteiger charge is -2.24. The summed E-state index contributed by atoms with van der Waals surface area (Å²) in [5.74, 6) is 6.78.